The largest absolute Gasteiger partial charge is 0.392 e. The van der Waals surface area contributed by atoms with Crippen molar-refractivity contribution in [3.05, 3.63) is 101 Å². The fraction of sp³-hybridized carbons (Fsp3) is 0.367. The highest BCUT2D eigenvalue weighted by Crippen LogP contribution is 2.42. The number of rotatable bonds is 9. The molecule has 1 aliphatic heterocycles. The molecule has 196 valence electrons. The first kappa shape index (κ1) is 26.8. The minimum Gasteiger partial charge on any atom is -0.392 e. The van der Waals surface area contributed by atoms with Crippen LogP contribution in [0.25, 0.3) is 0 Å². The summed E-state index contributed by atoms with van der Waals surface area (Å²) >= 11 is 0. The maximum atomic E-state index is 11.9. The summed E-state index contributed by atoms with van der Waals surface area (Å²) in [6, 6.07) is 25.7. The molecule has 0 spiro atoms. The van der Waals surface area contributed by atoms with E-state index in [-0.39, 0.29) is 30.8 Å². The molecule has 37 heavy (non-hydrogen) atoms. The van der Waals surface area contributed by atoms with Gasteiger partial charge in [-0.3, -0.25) is 4.90 Å². The first-order valence-electron chi connectivity index (χ1n) is 12.8. The third kappa shape index (κ3) is 7.17. The molecule has 0 radical (unpaired) electrons. The number of ether oxygens (including phenoxy) is 2. The summed E-state index contributed by atoms with van der Waals surface area (Å²) in [4.78, 5) is 14.1. The number of benzene rings is 3. The molecule has 0 aliphatic carbocycles. The van der Waals surface area contributed by atoms with Crippen LogP contribution in [0.4, 0.5) is 10.5 Å². The van der Waals surface area contributed by atoms with Gasteiger partial charge in [-0.05, 0) is 42.8 Å². The Hall–Kier alpha value is -3.23. The average molecular weight is 504 g/mol. The summed E-state index contributed by atoms with van der Waals surface area (Å²) in [6.45, 7) is 6.19. The van der Waals surface area contributed by atoms with Crippen LogP contribution in [0.2, 0.25) is 0 Å². The summed E-state index contributed by atoms with van der Waals surface area (Å²) in [5.41, 5.74) is 4.78. The topological polar surface area (TPSA) is 83.1 Å². The molecule has 4 atom stereocenters. The number of amides is 2. The first-order chi connectivity index (χ1) is 18.0. The van der Waals surface area contributed by atoms with Crippen molar-refractivity contribution in [2.24, 2.45) is 5.92 Å². The Morgan fingerprint density at radius 2 is 1.59 bits per heavy atom. The maximum Gasteiger partial charge on any atom is 0.319 e. The van der Waals surface area contributed by atoms with Crippen molar-refractivity contribution in [1.82, 2.24) is 10.2 Å². The SMILES string of the molecule is CCNC(=O)Nc1ccc([C@H]2O[C@@H](CN(C)Cc3ccccc3)[C@@H](C)[C@@H](c3ccc(CO)cc3)O2)cc1. The number of urea groups is 1. The van der Waals surface area contributed by atoms with Gasteiger partial charge in [0.1, 0.15) is 0 Å². The number of hydrogen-bond acceptors (Lipinski definition) is 5. The van der Waals surface area contributed by atoms with Crippen molar-refractivity contribution in [3.8, 4) is 0 Å². The molecule has 7 heteroatoms. The molecule has 7 nitrogen and oxygen atoms in total. The lowest BCUT2D eigenvalue weighted by Crippen LogP contribution is -2.43. The lowest BCUT2D eigenvalue weighted by Gasteiger charge is -2.42. The first-order valence-corrected chi connectivity index (χ1v) is 12.8. The zero-order valence-corrected chi connectivity index (χ0v) is 21.8. The zero-order valence-electron chi connectivity index (χ0n) is 21.8. The molecule has 3 N–H and O–H groups in total. The van der Waals surface area contributed by atoms with E-state index in [1.54, 1.807) is 0 Å². The molecule has 0 bridgehead atoms. The van der Waals surface area contributed by atoms with Gasteiger partial charge in [0.25, 0.3) is 0 Å². The van der Waals surface area contributed by atoms with Gasteiger partial charge >= 0.3 is 6.03 Å². The molecule has 3 aromatic rings. The summed E-state index contributed by atoms with van der Waals surface area (Å²) in [5, 5.41) is 15.0. The normalized spacial score (nSPS) is 21.5. The van der Waals surface area contributed by atoms with Crippen molar-refractivity contribution in [1.29, 1.82) is 0 Å². The van der Waals surface area contributed by atoms with Gasteiger partial charge in [0.05, 0.1) is 18.8 Å². The Bertz CT molecular complexity index is 1120. The van der Waals surface area contributed by atoms with Gasteiger partial charge in [-0.2, -0.15) is 0 Å². The highest BCUT2D eigenvalue weighted by molar-refractivity contribution is 5.89. The number of aliphatic hydroxyl groups excluding tert-OH is 1. The molecule has 2 amide bonds. The second-order valence-corrected chi connectivity index (χ2v) is 9.61. The summed E-state index contributed by atoms with van der Waals surface area (Å²) in [6.07, 6.45) is -0.787. The van der Waals surface area contributed by atoms with Crippen LogP contribution in [-0.2, 0) is 22.6 Å². The Kier molecular flexibility index (Phi) is 9.30. The fourth-order valence-electron chi connectivity index (χ4n) is 4.65. The van der Waals surface area contributed by atoms with Crippen molar-refractivity contribution < 1.29 is 19.4 Å². The maximum absolute atomic E-state index is 11.9. The number of carbonyl (C=O) groups excluding carboxylic acids is 1. The fourth-order valence-corrected chi connectivity index (χ4v) is 4.65. The van der Waals surface area contributed by atoms with Crippen LogP contribution in [0.3, 0.4) is 0 Å². The number of nitrogens with one attached hydrogen (secondary N) is 2. The summed E-state index contributed by atoms with van der Waals surface area (Å²) < 4.78 is 13.1. The van der Waals surface area contributed by atoms with E-state index >= 15 is 0 Å². The Morgan fingerprint density at radius 1 is 0.919 bits per heavy atom. The minimum atomic E-state index is -0.549. The van der Waals surface area contributed by atoms with Gasteiger partial charge in [0.15, 0.2) is 6.29 Å². The highest BCUT2D eigenvalue weighted by Gasteiger charge is 2.38. The molecule has 4 rings (SSSR count). The Balaban J connectivity index is 1.53. The van der Waals surface area contributed by atoms with Gasteiger partial charge in [0.2, 0.25) is 0 Å². The van der Waals surface area contributed by atoms with Crippen molar-refractivity contribution in [2.45, 2.75) is 45.5 Å². The monoisotopic (exact) mass is 503 g/mol. The summed E-state index contributed by atoms with van der Waals surface area (Å²) in [5.74, 6) is 0.105. The van der Waals surface area contributed by atoms with Crippen LogP contribution >= 0.6 is 0 Å². The predicted octanol–water partition coefficient (Wildman–Crippen LogP) is 5.24. The number of likely N-dealkylation sites (N-methyl/N-ethyl adjacent to an activating group) is 1. The van der Waals surface area contributed by atoms with Gasteiger partial charge in [-0.15, -0.1) is 0 Å². The Morgan fingerprint density at radius 3 is 2.24 bits per heavy atom. The van der Waals surface area contributed by atoms with E-state index in [9.17, 15) is 9.90 Å². The minimum absolute atomic E-state index is 0.0106. The quantitative estimate of drug-likeness (QED) is 0.372. The van der Waals surface area contributed by atoms with E-state index in [2.05, 4.69) is 53.8 Å². The number of anilines is 1. The number of aliphatic hydroxyl groups is 1. The van der Waals surface area contributed by atoms with Crippen LogP contribution in [0.1, 0.15) is 48.5 Å². The molecule has 0 unspecified atom stereocenters. The van der Waals surface area contributed by atoms with Gasteiger partial charge < -0.3 is 25.2 Å². The van der Waals surface area contributed by atoms with Gasteiger partial charge in [0, 0.05) is 36.8 Å². The third-order valence-corrected chi connectivity index (χ3v) is 6.69. The number of hydrogen-bond donors (Lipinski definition) is 3. The second-order valence-electron chi connectivity index (χ2n) is 9.61. The molecule has 1 fully saturated rings. The van der Waals surface area contributed by atoms with E-state index < -0.39 is 6.29 Å². The van der Waals surface area contributed by atoms with Crippen LogP contribution in [-0.4, -0.2) is 42.3 Å². The molecular formula is C30H37N3O4. The van der Waals surface area contributed by atoms with Crippen LogP contribution in [0, 0.1) is 5.92 Å². The molecule has 0 aromatic heterocycles. The third-order valence-electron chi connectivity index (χ3n) is 6.69. The van der Waals surface area contributed by atoms with E-state index in [1.165, 1.54) is 5.56 Å². The molecule has 1 heterocycles. The van der Waals surface area contributed by atoms with E-state index in [0.717, 1.165) is 29.8 Å². The zero-order chi connectivity index (χ0) is 26.2. The summed E-state index contributed by atoms with van der Waals surface area (Å²) in [7, 11) is 2.11. The molecule has 1 saturated heterocycles. The highest BCUT2D eigenvalue weighted by atomic mass is 16.7. The molecule has 1 aliphatic rings. The van der Waals surface area contributed by atoms with Crippen molar-refractivity contribution in [3.63, 3.8) is 0 Å². The standard InChI is InChI=1S/C30H37N3O4/c1-4-31-30(35)32-26-16-14-25(15-17-26)29-36-27(19-33(3)18-22-8-6-5-7-9-22)21(2)28(37-29)24-12-10-23(20-34)11-13-24/h5-17,21,27-29,34H,4,18-20H2,1-3H3,(H2,31,32,35)/t21-,27+,28+,29+/m1/s1. The second kappa shape index (κ2) is 12.8. The van der Waals surface area contributed by atoms with Crippen LogP contribution < -0.4 is 10.6 Å². The van der Waals surface area contributed by atoms with E-state index in [4.69, 9.17) is 9.47 Å². The lowest BCUT2D eigenvalue weighted by molar-refractivity contribution is -0.276. The smallest absolute Gasteiger partial charge is 0.319 e. The average Bonchev–Trinajstić information content (AvgIpc) is 2.91. The van der Waals surface area contributed by atoms with Crippen LogP contribution in [0.15, 0.2) is 78.9 Å². The number of nitrogens with zero attached hydrogens (tertiary/aromatic N) is 1. The van der Waals surface area contributed by atoms with Crippen molar-refractivity contribution in [2.75, 3.05) is 25.5 Å². The molecule has 3 aromatic carbocycles. The van der Waals surface area contributed by atoms with Crippen LogP contribution in [0.5, 0.6) is 0 Å². The van der Waals surface area contributed by atoms with E-state index in [1.807, 2.05) is 61.5 Å². The number of carbonyl (C=O) groups is 1. The lowest BCUT2D eigenvalue weighted by atomic mass is 9.90. The van der Waals surface area contributed by atoms with Gasteiger partial charge in [-0.25, -0.2) is 4.79 Å². The van der Waals surface area contributed by atoms with Gasteiger partial charge in [-0.1, -0.05) is 73.7 Å². The van der Waals surface area contributed by atoms with Crippen molar-refractivity contribution >= 4 is 11.7 Å². The Labute approximate surface area is 219 Å². The molecular weight excluding hydrogens is 466 g/mol. The van der Waals surface area contributed by atoms with E-state index in [0.29, 0.717) is 12.2 Å². The molecule has 0 saturated carbocycles. The predicted molar refractivity (Wildman–Crippen MR) is 145 cm³/mol.